The number of hydrogen-bond donors (Lipinski definition) is 1. The number of furan rings is 1. The molecule has 2 aromatic carbocycles. The summed E-state index contributed by atoms with van der Waals surface area (Å²) in [6.45, 7) is 5.19. The highest BCUT2D eigenvalue weighted by Gasteiger charge is 2.06. The van der Waals surface area contributed by atoms with E-state index in [9.17, 15) is 0 Å². The maximum Gasteiger partial charge on any atom is 0.135 e. The third-order valence-corrected chi connectivity index (χ3v) is 3.35. The highest BCUT2D eigenvalue weighted by Crippen LogP contribution is 2.28. The van der Waals surface area contributed by atoms with Gasteiger partial charge in [-0.3, -0.25) is 0 Å². The standard InChI is InChI=1S/C18H19NO/c1-13(2)19-12-14-6-5-8-15(10-14)18-11-16-7-3-4-9-17(16)20-18/h3-11,13,19H,12H2,1-2H3. The lowest BCUT2D eigenvalue weighted by Gasteiger charge is -2.08. The quantitative estimate of drug-likeness (QED) is 0.746. The molecule has 0 saturated heterocycles. The predicted octanol–water partition coefficient (Wildman–Crippen LogP) is 4.60. The van der Waals surface area contributed by atoms with Gasteiger partial charge in [0.1, 0.15) is 11.3 Å². The second-order valence-electron chi connectivity index (χ2n) is 5.38. The maximum absolute atomic E-state index is 5.91. The topological polar surface area (TPSA) is 25.2 Å². The molecule has 0 atom stereocenters. The van der Waals surface area contributed by atoms with Gasteiger partial charge in [0.15, 0.2) is 0 Å². The molecule has 0 fully saturated rings. The third kappa shape index (κ3) is 2.75. The smallest absolute Gasteiger partial charge is 0.135 e. The van der Waals surface area contributed by atoms with Crippen molar-refractivity contribution in [3.63, 3.8) is 0 Å². The largest absolute Gasteiger partial charge is 0.456 e. The molecule has 0 radical (unpaired) electrons. The van der Waals surface area contributed by atoms with Crippen molar-refractivity contribution in [3.05, 3.63) is 60.2 Å². The summed E-state index contributed by atoms with van der Waals surface area (Å²) >= 11 is 0. The normalized spacial score (nSPS) is 11.3. The van der Waals surface area contributed by atoms with E-state index in [1.165, 1.54) is 5.56 Å². The van der Waals surface area contributed by atoms with Crippen molar-refractivity contribution in [1.29, 1.82) is 0 Å². The van der Waals surface area contributed by atoms with Gasteiger partial charge in [0.05, 0.1) is 0 Å². The summed E-state index contributed by atoms with van der Waals surface area (Å²) in [4.78, 5) is 0. The van der Waals surface area contributed by atoms with Gasteiger partial charge in [-0.1, -0.05) is 50.2 Å². The van der Waals surface area contributed by atoms with Gasteiger partial charge in [-0.2, -0.15) is 0 Å². The Bertz CT molecular complexity index is 679. The molecule has 3 aromatic rings. The summed E-state index contributed by atoms with van der Waals surface area (Å²) in [6, 6.07) is 19.2. The molecule has 0 aliphatic carbocycles. The summed E-state index contributed by atoms with van der Waals surface area (Å²) in [7, 11) is 0. The van der Waals surface area contributed by atoms with Crippen molar-refractivity contribution in [1.82, 2.24) is 5.32 Å². The van der Waals surface area contributed by atoms with Crippen LogP contribution in [0.4, 0.5) is 0 Å². The van der Waals surface area contributed by atoms with Crippen LogP contribution in [0.25, 0.3) is 22.3 Å². The van der Waals surface area contributed by atoms with Crippen LogP contribution in [0.3, 0.4) is 0 Å². The molecular formula is C18H19NO. The maximum atomic E-state index is 5.91. The first-order valence-corrected chi connectivity index (χ1v) is 7.03. The molecule has 0 amide bonds. The Morgan fingerprint density at radius 2 is 1.85 bits per heavy atom. The van der Waals surface area contributed by atoms with Crippen molar-refractivity contribution in [3.8, 4) is 11.3 Å². The fourth-order valence-corrected chi connectivity index (χ4v) is 2.28. The van der Waals surface area contributed by atoms with E-state index >= 15 is 0 Å². The molecule has 2 nitrogen and oxygen atoms in total. The van der Waals surface area contributed by atoms with Crippen LogP contribution in [-0.4, -0.2) is 6.04 Å². The Kier molecular flexibility index (Phi) is 3.57. The fourth-order valence-electron chi connectivity index (χ4n) is 2.28. The molecule has 20 heavy (non-hydrogen) atoms. The number of nitrogens with one attached hydrogen (secondary N) is 1. The second-order valence-corrected chi connectivity index (χ2v) is 5.38. The Morgan fingerprint density at radius 1 is 1.00 bits per heavy atom. The Hall–Kier alpha value is -2.06. The molecule has 1 N–H and O–H groups in total. The number of hydrogen-bond acceptors (Lipinski definition) is 2. The lowest BCUT2D eigenvalue weighted by Crippen LogP contribution is -2.21. The van der Waals surface area contributed by atoms with Gasteiger partial charge in [0.25, 0.3) is 0 Å². The van der Waals surface area contributed by atoms with Crippen LogP contribution in [0, 0.1) is 0 Å². The van der Waals surface area contributed by atoms with E-state index in [0.29, 0.717) is 6.04 Å². The number of rotatable bonds is 4. The first kappa shape index (κ1) is 12.9. The number of para-hydroxylation sites is 1. The monoisotopic (exact) mass is 265 g/mol. The lowest BCUT2D eigenvalue weighted by molar-refractivity contribution is 0.588. The van der Waals surface area contributed by atoms with Crippen LogP contribution in [-0.2, 0) is 6.54 Å². The molecule has 102 valence electrons. The van der Waals surface area contributed by atoms with Crippen LogP contribution in [0.1, 0.15) is 19.4 Å². The van der Waals surface area contributed by atoms with Gasteiger partial charge >= 0.3 is 0 Å². The van der Waals surface area contributed by atoms with Crippen LogP contribution in [0.5, 0.6) is 0 Å². The van der Waals surface area contributed by atoms with E-state index in [2.05, 4.69) is 55.6 Å². The molecule has 0 unspecified atom stereocenters. The van der Waals surface area contributed by atoms with E-state index in [4.69, 9.17) is 4.42 Å². The minimum Gasteiger partial charge on any atom is -0.456 e. The van der Waals surface area contributed by atoms with Crippen molar-refractivity contribution in [2.24, 2.45) is 0 Å². The Balaban J connectivity index is 1.91. The fraction of sp³-hybridized carbons (Fsp3) is 0.222. The van der Waals surface area contributed by atoms with Gasteiger partial charge < -0.3 is 9.73 Å². The SMILES string of the molecule is CC(C)NCc1cccc(-c2cc3ccccc3o2)c1. The lowest BCUT2D eigenvalue weighted by atomic mass is 10.1. The predicted molar refractivity (Wildman–Crippen MR) is 83.6 cm³/mol. The van der Waals surface area contributed by atoms with E-state index in [1.807, 2.05) is 18.2 Å². The van der Waals surface area contributed by atoms with E-state index in [1.54, 1.807) is 0 Å². The van der Waals surface area contributed by atoms with Gasteiger partial charge in [-0.15, -0.1) is 0 Å². The summed E-state index contributed by atoms with van der Waals surface area (Å²) < 4.78 is 5.91. The van der Waals surface area contributed by atoms with Gasteiger partial charge in [0.2, 0.25) is 0 Å². The molecule has 0 spiro atoms. The number of fused-ring (bicyclic) bond motifs is 1. The summed E-state index contributed by atoms with van der Waals surface area (Å²) in [5.41, 5.74) is 3.34. The summed E-state index contributed by atoms with van der Waals surface area (Å²) in [5, 5.41) is 4.58. The zero-order chi connectivity index (χ0) is 13.9. The van der Waals surface area contributed by atoms with Crippen molar-refractivity contribution < 1.29 is 4.42 Å². The average Bonchev–Trinajstić information content (AvgIpc) is 2.89. The van der Waals surface area contributed by atoms with Gasteiger partial charge in [-0.05, 0) is 23.8 Å². The zero-order valence-electron chi connectivity index (χ0n) is 11.9. The first-order chi connectivity index (χ1) is 9.72. The summed E-state index contributed by atoms with van der Waals surface area (Å²) in [5.74, 6) is 0.928. The minimum absolute atomic E-state index is 0.491. The zero-order valence-corrected chi connectivity index (χ0v) is 11.9. The molecule has 0 bridgehead atoms. The van der Waals surface area contributed by atoms with E-state index in [0.717, 1.165) is 28.8 Å². The van der Waals surface area contributed by atoms with Gasteiger partial charge in [-0.25, -0.2) is 0 Å². The van der Waals surface area contributed by atoms with Crippen molar-refractivity contribution >= 4 is 11.0 Å². The van der Waals surface area contributed by atoms with E-state index < -0.39 is 0 Å². The molecule has 1 aromatic heterocycles. The van der Waals surface area contributed by atoms with E-state index in [-0.39, 0.29) is 0 Å². The van der Waals surface area contributed by atoms with Crippen LogP contribution < -0.4 is 5.32 Å². The molecule has 0 aliphatic heterocycles. The molecule has 0 aliphatic rings. The molecular weight excluding hydrogens is 246 g/mol. The Morgan fingerprint density at radius 3 is 2.65 bits per heavy atom. The van der Waals surface area contributed by atoms with Crippen LogP contribution in [0.15, 0.2) is 59.0 Å². The van der Waals surface area contributed by atoms with Crippen molar-refractivity contribution in [2.45, 2.75) is 26.4 Å². The Labute approximate surface area is 119 Å². The molecule has 3 rings (SSSR count). The average molecular weight is 265 g/mol. The first-order valence-electron chi connectivity index (χ1n) is 7.03. The highest BCUT2D eigenvalue weighted by molar-refractivity contribution is 5.82. The van der Waals surface area contributed by atoms with Crippen LogP contribution >= 0.6 is 0 Å². The van der Waals surface area contributed by atoms with Crippen molar-refractivity contribution in [2.75, 3.05) is 0 Å². The molecule has 1 heterocycles. The number of benzene rings is 2. The second kappa shape index (κ2) is 5.51. The summed E-state index contributed by atoms with van der Waals surface area (Å²) in [6.07, 6.45) is 0. The highest BCUT2D eigenvalue weighted by atomic mass is 16.3. The minimum atomic E-state index is 0.491. The van der Waals surface area contributed by atoms with Crippen LogP contribution in [0.2, 0.25) is 0 Å². The van der Waals surface area contributed by atoms with Gasteiger partial charge in [0, 0.05) is 23.5 Å². The molecule has 0 saturated carbocycles. The third-order valence-electron chi connectivity index (χ3n) is 3.35. The molecule has 2 heteroatoms.